The Morgan fingerprint density at radius 1 is 1.17 bits per heavy atom. The largest absolute Gasteiger partial charge is 0.391 e. The van der Waals surface area contributed by atoms with Crippen LogP contribution in [0.15, 0.2) is 18.2 Å². The molecule has 0 aromatic heterocycles. The van der Waals surface area contributed by atoms with Gasteiger partial charge in [0, 0.05) is 0 Å². The van der Waals surface area contributed by atoms with E-state index in [1.165, 1.54) is 24.0 Å². The van der Waals surface area contributed by atoms with Gasteiger partial charge in [-0.1, -0.05) is 31.0 Å². The van der Waals surface area contributed by atoms with Gasteiger partial charge < -0.3 is 10.8 Å². The molecule has 0 saturated heterocycles. The van der Waals surface area contributed by atoms with Crippen molar-refractivity contribution in [1.29, 1.82) is 0 Å². The SMILES string of the molecule is Cc1cccc(C)c1[C@H](N)[C@H](O)C1CCCC1.Cl. The van der Waals surface area contributed by atoms with Crippen molar-refractivity contribution in [3.63, 3.8) is 0 Å². The van der Waals surface area contributed by atoms with Crippen molar-refractivity contribution in [2.75, 3.05) is 0 Å². The maximum Gasteiger partial charge on any atom is 0.0761 e. The maximum atomic E-state index is 10.4. The Morgan fingerprint density at radius 2 is 1.67 bits per heavy atom. The number of hydrogen-bond donors (Lipinski definition) is 2. The zero-order valence-corrected chi connectivity index (χ0v) is 12.0. The molecule has 18 heavy (non-hydrogen) atoms. The zero-order chi connectivity index (χ0) is 12.4. The van der Waals surface area contributed by atoms with Crippen molar-refractivity contribution < 1.29 is 5.11 Å². The summed E-state index contributed by atoms with van der Waals surface area (Å²) in [6.07, 6.45) is 4.33. The molecule has 1 aromatic carbocycles. The summed E-state index contributed by atoms with van der Waals surface area (Å²) < 4.78 is 0. The summed E-state index contributed by atoms with van der Waals surface area (Å²) in [4.78, 5) is 0. The first-order valence-corrected chi connectivity index (χ1v) is 6.61. The Hall–Kier alpha value is -0.570. The van der Waals surface area contributed by atoms with E-state index in [1.807, 2.05) is 6.07 Å². The van der Waals surface area contributed by atoms with E-state index >= 15 is 0 Å². The smallest absolute Gasteiger partial charge is 0.0761 e. The first kappa shape index (κ1) is 15.5. The molecule has 1 aliphatic carbocycles. The summed E-state index contributed by atoms with van der Waals surface area (Å²) in [5.41, 5.74) is 9.78. The van der Waals surface area contributed by atoms with Crippen LogP contribution in [0.1, 0.15) is 48.4 Å². The highest BCUT2D eigenvalue weighted by molar-refractivity contribution is 5.85. The molecule has 1 aliphatic rings. The van der Waals surface area contributed by atoms with Crippen LogP contribution in [0, 0.1) is 19.8 Å². The molecule has 1 aromatic rings. The van der Waals surface area contributed by atoms with Crippen molar-refractivity contribution in [1.82, 2.24) is 0 Å². The van der Waals surface area contributed by atoms with E-state index < -0.39 is 6.10 Å². The molecular formula is C15H24ClNO. The molecular weight excluding hydrogens is 246 g/mol. The van der Waals surface area contributed by atoms with E-state index in [2.05, 4.69) is 26.0 Å². The molecule has 1 fully saturated rings. The lowest BCUT2D eigenvalue weighted by molar-refractivity contribution is 0.0841. The lowest BCUT2D eigenvalue weighted by Crippen LogP contribution is -2.33. The topological polar surface area (TPSA) is 46.2 Å². The van der Waals surface area contributed by atoms with Crippen LogP contribution in [0.5, 0.6) is 0 Å². The summed E-state index contributed by atoms with van der Waals surface area (Å²) in [6.45, 7) is 4.15. The van der Waals surface area contributed by atoms with Gasteiger partial charge in [-0.05, 0) is 49.3 Å². The summed E-state index contributed by atoms with van der Waals surface area (Å²) in [5.74, 6) is 0.393. The average Bonchev–Trinajstić information content (AvgIpc) is 2.81. The van der Waals surface area contributed by atoms with Crippen molar-refractivity contribution in [3.05, 3.63) is 34.9 Å². The molecule has 102 valence electrons. The lowest BCUT2D eigenvalue weighted by Gasteiger charge is -2.27. The Balaban J connectivity index is 0.00000162. The molecule has 0 radical (unpaired) electrons. The van der Waals surface area contributed by atoms with Gasteiger partial charge in [-0.15, -0.1) is 12.4 Å². The summed E-state index contributed by atoms with van der Waals surface area (Å²) in [5, 5.41) is 10.4. The van der Waals surface area contributed by atoms with Crippen molar-refractivity contribution in [2.45, 2.75) is 51.7 Å². The van der Waals surface area contributed by atoms with Gasteiger partial charge in [0.15, 0.2) is 0 Å². The second kappa shape index (κ2) is 6.55. The summed E-state index contributed by atoms with van der Waals surface area (Å²) >= 11 is 0. The quantitative estimate of drug-likeness (QED) is 0.885. The standard InChI is InChI=1S/C15H23NO.ClH/c1-10-6-5-7-11(2)13(10)14(16)15(17)12-8-3-4-9-12;/h5-7,12,14-15,17H,3-4,8-9,16H2,1-2H3;1H/t14-,15+;/m0./s1. The van der Waals surface area contributed by atoms with Gasteiger partial charge in [0.2, 0.25) is 0 Å². The second-order valence-corrected chi connectivity index (χ2v) is 5.37. The van der Waals surface area contributed by atoms with Crippen LogP contribution in [0.2, 0.25) is 0 Å². The molecule has 2 atom stereocenters. The monoisotopic (exact) mass is 269 g/mol. The molecule has 1 saturated carbocycles. The Labute approximate surface area is 116 Å². The summed E-state index contributed by atoms with van der Waals surface area (Å²) in [7, 11) is 0. The van der Waals surface area contributed by atoms with Crippen LogP contribution in [-0.4, -0.2) is 11.2 Å². The maximum absolute atomic E-state index is 10.4. The Bertz CT molecular complexity index is 368. The minimum absolute atomic E-state index is 0. The highest BCUT2D eigenvalue weighted by atomic mass is 35.5. The number of nitrogens with two attached hydrogens (primary N) is 1. The molecule has 2 nitrogen and oxygen atoms in total. The number of hydrogen-bond acceptors (Lipinski definition) is 2. The van der Waals surface area contributed by atoms with Gasteiger partial charge in [-0.25, -0.2) is 0 Å². The van der Waals surface area contributed by atoms with Crippen LogP contribution in [0.25, 0.3) is 0 Å². The van der Waals surface area contributed by atoms with E-state index in [1.54, 1.807) is 0 Å². The van der Waals surface area contributed by atoms with Crippen LogP contribution in [0.3, 0.4) is 0 Å². The van der Waals surface area contributed by atoms with Crippen molar-refractivity contribution >= 4 is 12.4 Å². The first-order chi connectivity index (χ1) is 8.11. The van der Waals surface area contributed by atoms with E-state index in [0.29, 0.717) is 5.92 Å². The Kier molecular flexibility index (Phi) is 5.64. The van der Waals surface area contributed by atoms with E-state index in [0.717, 1.165) is 18.4 Å². The van der Waals surface area contributed by atoms with E-state index in [-0.39, 0.29) is 18.4 Å². The predicted molar refractivity (Wildman–Crippen MR) is 78.1 cm³/mol. The van der Waals surface area contributed by atoms with Gasteiger partial charge in [0.05, 0.1) is 12.1 Å². The fraction of sp³-hybridized carbons (Fsp3) is 0.600. The van der Waals surface area contributed by atoms with Gasteiger partial charge in [0.1, 0.15) is 0 Å². The van der Waals surface area contributed by atoms with Crippen molar-refractivity contribution in [2.24, 2.45) is 11.7 Å². The first-order valence-electron chi connectivity index (χ1n) is 6.61. The normalized spacial score (nSPS) is 19.3. The van der Waals surface area contributed by atoms with Gasteiger partial charge in [-0.2, -0.15) is 0 Å². The molecule has 0 heterocycles. The van der Waals surface area contributed by atoms with Crippen molar-refractivity contribution in [3.8, 4) is 0 Å². The molecule has 0 amide bonds. The van der Waals surface area contributed by atoms with E-state index in [4.69, 9.17) is 5.73 Å². The Morgan fingerprint density at radius 3 is 2.17 bits per heavy atom. The van der Waals surface area contributed by atoms with Gasteiger partial charge >= 0.3 is 0 Å². The van der Waals surface area contributed by atoms with Gasteiger partial charge in [0.25, 0.3) is 0 Å². The van der Waals surface area contributed by atoms with Crippen LogP contribution in [0.4, 0.5) is 0 Å². The number of aliphatic hydroxyl groups excluding tert-OH is 1. The predicted octanol–water partition coefficient (Wildman–Crippen LogP) is 3.28. The third kappa shape index (κ3) is 3.05. The zero-order valence-electron chi connectivity index (χ0n) is 11.2. The van der Waals surface area contributed by atoms with Crippen LogP contribution >= 0.6 is 12.4 Å². The highest BCUT2D eigenvalue weighted by Gasteiger charge is 2.29. The second-order valence-electron chi connectivity index (χ2n) is 5.37. The minimum atomic E-state index is -0.391. The average molecular weight is 270 g/mol. The van der Waals surface area contributed by atoms with Crippen LogP contribution < -0.4 is 5.73 Å². The third-order valence-electron chi connectivity index (χ3n) is 4.13. The fourth-order valence-corrected chi connectivity index (χ4v) is 3.12. The number of halogens is 1. The number of benzene rings is 1. The number of aliphatic hydroxyl groups is 1. The number of aryl methyl sites for hydroxylation is 2. The van der Waals surface area contributed by atoms with Gasteiger partial charge in [-0.3, -0.25) is 0 Å². The molecule has 3 heteroatoms. The molecule has 0 bridgehead atoms. The summed E-state index contributed by atoms with van der Waals surface area (Å²) in [6, 6.07) is 5.95. The molecule has 0 spiro atoms. The molecule has 2 rings (SSSR count). The minimum Gasteiger partial charge on any atom is -0.391 e. The molecule has 0 aliphatic heterocycles. The fourth-order valence-electron chi connectivity index (χ4n) is 3.12. The lowest BCUT2D eigenvalue weighted by atomic mass is 9.87. The highest BCUT2D eigenvalue weighted by Crippen LogP contribution is 2.34. The molecule has 3 N–H and O–H groups in total. The van der Waals surface area contributed by atoms with E-state index in [9.17, 15) is 5.11 Å². The third-order valence-corrected chi connectivity index (χ3v) is 4.13. The molecule has 0 unspecified atom stereocenters. The van der Waals surface area contributed by atoms with Crippen LogP contribution in [-0.2, 0) is 0 Å². The number of rotatable bonds is 3.